The molecule has 2 aromatic carbocycles. The van der Waals surface area contributed by atoms with Crippen LogP contribution in [0, 0.1) is 0 Å². The molecule has 0 aliphatic carbocycles. The summed E-state index contributed by atoms with van der Waals surface area (Å²) in [6.07, 6.45) is -4.40. The molecule has 1 aliphatic rings. The topological polar surface area (TPSA) is 40.6 Å². The minimum Gasteiger partial charge on any atom is -0.369 e. The van der Waals surface area contributed by atoms with E-state index in [-0.39, 0.29) is 18.8 Å². The van der Waals surface area contributed by atoms with Gasteiger partial charge in [0.2, 0.25) is 10.0 Å². The number of piperazine rings is 1. The number of nitrogens with zero attached hydrogens (tertiary/aromatic N) is 2. The summed E-state index contributed by atoms with van der Waals surface area (Å²) < 4.78 is 65.2. The summed E-state index contributed by atoms with van der Waals surface area (Å²) in [6, 6.07) is 11.7. The molecule has 1 aliphatic heterocycles. The van der Waals surface area contributed by atoms with Gasteiger partial charge in [-0.2, -0.15) is 17.5 Å². The third-order valence-electron chi connectivity index (χ3n) is 4.43. The zero-order valence-corrected chi connectivity index (χ0v) is 15.9. The van der Waals surface area contributed by atoms with Gasteiger partial charge in [0.25, 0.3) is 0 Å². The molecule has 0 saturated carbocycles. The second-order valence-corrected chi connectivity index (χ2v) is 8.72. The maximum Gasteiger partial charge on any atom is 0.416 e. The zero-order chi connectivity index (χ0) is 19.7. The molecule has 0 aromatic heterocycles. The number of sulfonamides is 1. The summed E-state index contributed by atoms with van der Waals surface area (Å²) in [5.41, 5.74) is 0.372. The van der Waals surface area contributed by atoms with Gasteiger partial charge >= 0.3 is 6.18 Å². The number of hydrogen-bond donors (Lipinski definition) is 0. The normalized spacial score (nSPS) is 16.5. The molecule has 1 fully saturated rings. The molecular formula is C18H18ClF3N2O2S. The molecule has 1 heterocycles. The number of rotatable bonds is 4. The number of alkyl halides is 3. The van der Waals surface area contributed by atoms with E-state index in [1.54, 1.807) is 35.2 Å². The fourth-order valence-corrected chi connectivity index (χ4v) is 4.63. The average molecular weight is 419 g/mol. The van der Waals surface area contributed by atoms with Crippen LogP contribution in [0.2, 0.25) is 5.02 Å². The Labute approximate surface area is 161 Å². The molecule has 3 rings (SSSR count). The third kappa shape index (κ3) is 4.94. The fraction of sp³-hybridized carbons (Fsp3) is 0.333. The minimum absolute atomic E-state index is 0.131. The van der Waals surface area contributed by atoms with E-state index < -0.39 is 21.8 Å². The highest BCUT2D eigenvalue weighted by atomic mass is 35.5. The lowest BCUT2D eigenvalue weighted by Gasteiger charge is -2.35. The molecule has 146 valence electrons. The van der Waals surface area contributed by atoms with Gasteiger partial charge in [0.15, 0.2) is 0 Å². The van der Waals surface area contributed by atoms with Crippen LogP contribution < -0.4 is 4.90 Å². The summed E-state index contributed by atoms with van der Waals surface area (Å²) >= 11 is 5.81. The lowest BCUT2D eigenvalue weighted by molar-refractivity contribution is -0.137. The van der Waals surface area contributed by atoms with Gasteiger partial charge in [-0.15, -0.1) is 0 Å². The molecule has 9 heteroatoms. The van der Waals surface area contributed by atoms with Crippen molar-refractivity contribution in [3.63, 3.8) is 0 Å². The van der Waals surface area contributed by atoms with E-state index >= 15 is 0 Å². The predicted octanol–water partition coefficient (Wildman–Crippen LogP) is 4.01. The molecule has 2 aromatic rings. The van der Waals surface area contributed by atoms with Gasteiger partial charge in [-0.25, -0.2) is 8.42 Å². The minimum atomic E-state index is -4.40. The monoisotopic (exact) mass is 418 g/mol. The molecule has 4 nitrogen and oxygen atoms in total. The summed E-state index contributed by atoms with van der Waals surface area (Å²) in [6.45, 7) is 1.13. The van der Waals surface area contributed by atoms with Crippen molar-refractivity contribution in [1.29, 1.82) is 0 Å². The largest absolute Gasteiger partial charge is 0.416 e. The van der Waals surface area contributed by atoms with Gasteiger partial charge in [0, 0.05) is 36.9 Å². The second kappa shape index (κ2) is 7.69. The number of hydrogen-bond acceptors (Lipinski definition) is 3. The Hall–Kier alpha value is -1.77. The molecule has 0 radical (unpaired) electrons. The average Bonchev–Trinajstić information content (AvgIpc) is 2.63. The number of anilines is 1. The maximum atomic E-state index is 12.9. The molecule has 0 atom stereocenters. The molecular weight excluding hydrogens is 401 g/mol. The number of halogens is 4. The highest BCUT2D eigenvalue weighted by Crippen LogP contribution is 2.32. The molecule has 0 amide bonds. The van der Waals surface area contributed by atoms with Crippen molar-refractivity contribution < 1.29 is 21.6 Å². The van der Waals surface area contributed by atoms with Crippen molar-refractivity contribution in [3.05, 3.63) is 64.7 Å². The van der Waals surface area contributed by atoms with Crippen molar-refractivity contribution in [2.75, 3.05) is 31.1 Å². The van der Waals surface area contributed by atoms with Crippen LogP contribution in [-0.4, -0.2) is 38.9 Å². The van der Waals surface area contributed by atoms with Gasteiger partial charge in [0.05, 0.1) is 11.3 Å². The van der Waals surface area contributed by atoms with Crippen molar-refractivity contribution in [3.8, 4) is 0 Å². The van der Waals surface area contributed by atoms with Gasteiger partial charge in [-0.3, -0.25) is 0 Å². The van der Waals surface area contributed by atoms with Gasteiger partial charge in [-0.05, 0) is 35.9 Å². The van der Waals surface area contributed by atoms with Gasteiger partial charge in [-0.1, -0.05) is 29.8 Å². The zero-order valence-electron chi connectivity index (χ0n) is 14.3. The quantitative estimate of drug-likeness (QED) is 0.753. The Morgan fingerprint density at radius 2 is 1.59 bits per heavy atom. The van der Waals surface area contributed by atoms with Crippen LogP contribution in [0.25, 0.3) is 0 Å². The SMILES string of the molecule is O=S(=O)(Cc1ccc(Cl)cc1)N1CCN(c2cccc(C(F)(F)F)c2)CC1. The highest BCUT2D eigenvalue weighted by molar-refractivity contribution is 7.88. The first-order chi connectivity index (χ1) is 12.6. The first-order valence-electron chi connectivity index (χ1n) is 8.30. The van der Waals surface area contributed by atoms with Crippen molar-refractivity contribution in [2.45, 2.75) is 11.9 Å². The van der Waals surface area contributed by atoms with Gasteiger partial charge in [0.1, 0.15) is 0 Å². The lowest BCUT2D eigenvalue weighted by Crippen LogP contribution is -2.49. The third-order valence-corrected chi connectivity index (χ3v) is 6.54. The highest BCUT2D eigenvalue weighted by Gasteiger charge is 2.32. The Kier molecular flexibility index (Phi) is 5.69. The smallest absolute Gasteiger partial charge is 0.369 e. The van der Waals surface area contributed by atoms with Crippen LogP contribution >= 0.6 is 11.6 Å². The molecule has 0 spiro atoms. The van der Waals surface area contributed by atoms with Crippen molar-refractivity contribution in [2.24, 2.45) is 0 Å². The Morgan fingerprint density at radius 1 is 0.963 bits per heavy atom. The first-order valence-corrected chi connectivity index (χ1v) is 10.3. The van der Waals surface area contributed by atoms with Crippen LogP contribution in [0.15, 0.2) is 48.5 Å². The van der Waals surface area contributed by atoms with Crippen LogP contribution in [-0.2, 0) is 22.0 Å². The summed E-state index contributed by atoms with van der Waals surface area (Å²) in [5.74, 6) is -0.131. The van der Waals surface area contributed by atoms with E-state index in [1.807, 2.05) is 0 Å². The van der Waals surface area contributed by atoms with Crippen molar-refractivity contribution in [1.82, 2.24) is 4.31 Å². The molecule has 0 bridgehead atoms. The Balaban J connectivity index is 1.65. The summed E-state index contributed by atoms with van der Waals surface area (Å²) in [7, 11) is -3.50. The Bertz CT molecular complexity index is 894. The van der Waals surface area contributed by atoms with Crippen molar-refractivity contribution >= 4 is 27.3 Å². The number of benzene rings is 2. The van der Waals surface area contributed by atoms with E-state index in [9.17, 15) is 21.6 Å². The lowest BCUT2D eigenvalue weighted by atomic mass is 10.1. The van der Waals surface area contributed by atoms with E-state index in [4.69, 9.17) is 11.6 Å². The van der Waals surface area contributed by atoms with E-state index in [2.05, 4.69) is 0 Å². The Morgan fingerprint density at radius 3 is 2.19 bits per heavy atom. The summed E-state index contributed by atoms with van der Waals surface area (Å²) in [4.78, 5) is 1.77. The predicted molar refractivity (Wildman–Crippen MR) is 99.3 cm³/mol. The molecule has 27 heavy (non-hydrogen) atoms. The second-order valence-electron chi connectivity index (χ2n) is 6.32. The van der Waals surface area contributed by atoms with E-state index in [0.29, 0.717) is 29.4 Å². The van der Waals surface area contributed by atoms with Crippen LogP contribution in [0.3, 0.4) is 0 Å². The standard InChI is InChI=1S/C18H18ClF3N2O2S/c19-16-6-4-14(5-7-16)13-27(25,26)24-10-8-23(9-11-24)17-3-1-2-15(12-17)18(20,21)22/h1-7,12H,8-11,13H2. The summed E-state index contributed by atoms with van der Waals surface area (Å²) in [5, 5.41) is 0.533. The maximum absolute atomic E-state index is 12.9. The fourth-order valence-electron chi connectivity index (χ4n) is 2.99. The molecule has 0 unspecified atom stereocenters. The molecule has 1 saturated heterocycles. The van der Waals surface area contributed by atoms with E-state index in [1.165, 1.54) is 10.4 Å². The van der Waals surface area contributed by atoms with E-state index in [0.717, 1.165) is 12.1 Å². The van der Waals surface area contributed by atoms with Gasteiger partial charge < -0.3 is 4.90 Å². The van der Waals surface area contributed by atoms with Crippen LogP contribution in [0.1, 0.15) is 11.1 Å². The van der Waals surface area contributed by atoms with Crippen LogP contribution in [0.4, 0.5) is 18.9 Å². The molecule has 0 N–H and O–H groups in total. The first kappa shape index (κ1) is 20.0. The van der Waals surface area contributed by atoms with Crippen LogP contribution in [0.5, 0.6) is 0 Å².